The zero-order valence-corrected chi connectivity index (χ0v) is 13.3. The smallest absolute Gasteiger partial charge is 0.262 e. The van der Waals surface area contributed by atoms with Crippen LogP contribution in [0.3, 0.4) is 0 Å². The molecule has 0 radical (unpaired) electrons. The van der Waals surface area contributed by atoms with E-state index < -0.39 is 10.0 Å². The average molecular weight is 304 g/mol. The van der Waals surface area contributed by atoms with Gasteiger partial charge in [-0.2, -0.15) is 0 Å². The molecule has 0 amide bonds. The Morgan fingerprint density at radius 2 is 1.71 bits per heavy atom. The Balaban J connectivity index is 2.36. The fourth-order valence-electron chi connectivity index (χ4n) is 2.12. The van der Waals surface area contributed by atoms with Gasteiger partial charge in [-0.05, 0) is 55.8 Å². The van der Waals surface area contributed by atoms with E-state index in [0.717, 1.165) is 16.7 Å². The maximum atomic E-state index is 12.6. The number of aryl methyl sites for hydroxylation is 2. The van der Waals surface area contributed by atoms with E-state index in [9.17, 15) is 8.42 Å². The third-order valence-corrected chi connectivity index (χ3v) is 4.87. The zero-order valence-electron chi connectivity index (χ0n) is 12.5. The highest BCUT2D eigenvalue weighted by atomic mass is 32.2. The SMILES string of the molecule is CNCc1ccccc1S(=O)(=O)Nc1ccc(C)c(C)c1. The van der Waals surface area contributed by atoms with Crippen molar-refractivity contribution in [2.45, 2.75) is 25.3 Å². The maximum Gasteiger partial charge on any atom is 0.262 e. The number of anilines is 1. The van der Waals surface area contributed by atoms with E-state index in [0.29, 0.717) is 17.1 Å². The minimum Gasteiger partial charge on any atom is -0.316 e. The van der Waals surface area contributed by atoms with Crippen LogP contribution >= 0.6 is 0 Å². The summed E-state index contributed by atoms with van der Waals surface area (Å²) >= 11 is 0. The molecule has 0 unspecified atom stereocenters. The van der Waals surface area contributed by atoms with Crippen LogP contribution in [0.15, 0.2) is 47.4 Å². The second-order valence-electron chi connectivity index (χ2n) is 5.04. The summed E-state index contributed by atoms with van der Waals surface area (Å²) in [7, 11) is -1.79. The van der Waals surface area contributed by atoms with Crippen molar-refractivity contribution >= 4 is 15.7 Å². The van der Waals surface area contributed by atoms with E-state index in [1.165, 1.54) is 0 Å². The molecule has 2 N–H and O–H groups in total. The standard InChI is InChI=1S/C16H20N2O2S/c1-12-8-9-15(10-13(12)2)18-21(19,20)16-7-5-4-6-14(16)11-17-3/h4-10,17-18H,11H2,1-3H3. The second kappa shape index (κ2) is 6.28. The number of hydrogen-bond acceptors (Lipinski definition) is 3. The summed E-state index contributed by atoms with van der Waals surface area (Å²) in [5.41, 5.74) is 3.51. The van der Waals surface area contributed by atoms with Gasteiger partial charge in [-0.1, -0.05) is 24.3 Å². The predicted octanol–water partition coefficient (Wildman–Crippen LogP) is 2.82. The zero-order chi connectivity index (χ0) is 15.5. The molecule has 0 spiro atoms. The average Bonchev–Trinajstić information content (AvgIpc) is 2.43. The Hall–Kier alpha value is -1.85. The van der Waals surface area contributed by atoms with Crippen LogP contribution in [0.1, 0.15) is 16.7 Å². The molecule has 0 heterocycles. The molecule has 0 aliphatic heterocycles. The number of rotatable bonds is 5. The highest BCUT2D eigenvalue weighted by Crippen LogP contribution is 2.21. The summed E-state index contributed by atoms with van der Waals surface area (Å²) in [4.78, 5) is 0.303. The van der Waals surface area contributed by atoms with E-state index in [-0.39, 0.29) is 0 Å². The van der Waals surface area contributed by atoms with E-state index in [2.05, 4.69) is 10.0 Å². The molecule has 0 aromatic heterocycles. The molecule has 2 rings (SSSR count). The molecule has 21 heavy (non-hydrogen) atoms. The quantitative estimate of drug-likeness (QED) is 0.893. The van der Waals surface area contributed by atoms with Gasteiger partial charge in [0, 0.05) is 12.2 Å². The van der Waals surface area contributed by atoms with Gasteiger partial charge in [0.15, 0.2) is 0 Å². The van der Waals surface area contributed by atoms with Crippen LogP contribution in [0.4, 0.5) is 5.69 Å². The molecule has 5 heteroatoms. The van der Waals surface area contributed by atoms with Gasteiger partial charge in [-0.25, -0.2) is 8.42 Å². The first-order valence-electron chi connectivity index (χ1n) is 6.76. The van der Waals surface area contributed by atoms with Crippen molar-refractivity contribution in [3.63, 3.8) is 0 Å². The van der Waals surface area contributed by atoms with Crippen molar-refractivity contribution in [2.75, 3.05) is 11.8 Å². The second-order valence-corrected chi connectivity index (χ2v) is 6.69. The van der Waals surface area contributed by atoms with Gasteiger partial charge < -0.3 is 5.32 Å². The molecule has 0 saturated carbocycles. The highest BCUT2D eigenvalue weighted by Gasteiger charge is 2.17. The van der Waals surface area contributed by atoms with Gasteiger partial charge in [-0.3, -0.25) is 4.72 Å². The topological polar surface area (TPSA) is 58.2 Å². The largest absolute Gasteiger partial charge is 0.316 e. The first kappa shape index (κ1) is 15.5. The minimum absolute atomic E-state index is 0.303. The van der Waals surface area contributed by atoms with Crippen LogP contribution in [-0.4, -0.2) is 15.5 Å². The lowest BCUT2D eigenvalue weighted by atomic mass is 10.1. The predicted molar refractivity (Wildman–Crippen MR) is 85.9 cm³/mol. The van der Waals surface area contributed by atoms with Crippen LogP contribution in [0.2, 0.25) is 0 Å². The fraction of sp³-hybridized carbons (Fsp3) is 0.250. The summed E-state index contributed by atoms with van der Waals surface area (Å²) in [5.74, 6) is 0. The summed E-state index contributed by atoms with van der Waals surface area (Å²) in [6.45, 7) is 4.46. The van der Waals surface area contributed by atoms with Gasteiger partial charge in [0.2, 0.25) is 0 Å². The Morgan fingerprint density at radius 3 is 2.38 bits per heavy atom. The van der Waals surface area contributed by atoms with Crippen LogP contribution < -0.4 is 10.0 Å². The summed E-state index contributed by atoms with van der Waals surface area (Å²) < 4.78 is 27.8. The van der Waals surface area contributed by atoms with Crippen molar-refractivity contribution in [2.24, 2.45) is 0 Å². The van der Waals surface area contributed by atoms with Crippen LogP contribution in [0, 0.1) is 13.8 Å². The monoisotopic (exact) mass is 304 g/mol. The number of benzene rings is 2. The van der Waals surface area contributed by atoms with Gasteiger partial charge >= 0.3 is 0 Å². The highest BCUT2D eigenvalue weighted by molar-refractivity contribution is 7.92. The Labute approximate surface area is 126 Å². The molecule has 0 fully saturated rings. The minimum atomic E-state index is -3.59. The number of nitrogens with one attached hydrogen (secondary N) is 2. The van der Waals surface area contributed by atoms with Crippen LogP contribution in [0.25, 0.3) is 0 Å². The lowest BCUT2D eigenvalue weighted by Crippen LogP contribution is -2.17. The first-order valence-corrected chi connectivity index (χ1v) is 8.25. The summed E-state index contributed by atoms with van der Waals surface area (Å²) in [6.07, 6.45) is 0. The summed E-state index contributed by atoms with van der Waals surface area (Å²) in [6, 6.07) is 12.5. The lowest BCUT2D eigenvalue weighted by molar-refractivity contribution is 0.599. The van der Waals surface area contributed by atoms with E-state index in [1.807, 2.05) is 38.1 Å². The Kier molecular flexibility index (Phi) is 4.65. The molecular formula is C16H20N2O2S. The molecule has 0 bridgehead atoms. The van der Waals surface area contributed by atoms with Gasteiger partial charge in [0.1, 0.15) is 0 Å². The lowest BCUT2D eigenvalue weighted by Gasteiger charge is -2.13. The molecule has 0 aliphatic rings. The Bertz CT molecular complexity index is 740. The van der Waals surface area contributed by atoms with Crippen molar-refractivity contribution in [1.29, 1.82) is 0 Å². The molecule has 0 atom stereocenters. The van der Waals surface area contributed by atoms with E-state index in [1.54, 1.807) is 25.2 Å². The van der Waals surface area contributed by atoms with Gasteiger partial charge in [0.05, 0.1) is 4.90 Å². The summed E-state index contributed by atoms with van der Waals surface area (Å²) in [5, 5.41) is 2.98. The Morgan fingerprint density at radius 1 is 1.00 bits per heavy atom. The van der Waals surface area contributed by atoms with Crippen LogP contribution in [0.5, 0.6) is 0 Å². The van der Waals surface area contributed by atoms with Crippen molar-refractivity contribution < 1.29 is 8.42 Å². The molecule has 4 nitrogen and oxygen atoms in total. The van der Waals surface area contributed by atoms with Crippen molar-refractivity contribution in [3.8, 4) is 0 Å². The maximum absolute atomic E-state index is 12.6. The van der Waals surface area contributed by atoms with Crippen molar-refractivity contribution in [3.05, 3.63) is 59.2 Å². The van der Waals surface area contributed by atoms with Gasteiger partial charge in [0.25, 0.3) is 10.0 Å². The third kappa shape index (κ3) is 3.62. The number of sulfonamides is 1. The first-order chi connectivity index (χ1) is 9.94. The molecule has 0 aliphatic carbocycles. The molecule has 0 saturated heterocycles. The molecule has 112 valence electrons. The van der Waals surface area contributed by atoms with Crippen molar-refractivity contribution in [1.82, 2.24) is 5.32 Å². The molecule has 2 aromatic carbocycles. The normalized spacial score (nSPS) is 11.4. The van der Waals surface area contributed by atoms with E-state index >= 15 is 0 Å². The van der Waals surface area contributed by atoms with Crippen LogP contribution in [-0.2, 0) is 16.6 Å². The molecular weight excluding hydrogens is 284 g/mol. The third-order valence-electron chi connectivity index (χ3n) is 3.39. The van der Waals surface area contributed by atoms with E-state index in [4.69, 9.17) is 0 Å². The number of hydrogen-bond donors (Lipinski definition) is 2. The van der Waals surface area contributed by atoms with Gasteiger partial charge in [-0.15, -0.1) is 0 Å². The molecule has 2 aromatic rings. The fourth-order valence-corrected chi connectivity index (χ4v) is 3.41.